The lowest BCUT2D eigenvalue weighted by atomic mass is 10.4. The summed E-state index contributed by atoms with van der Waals surface area (Å²) in [6.07, 6.45) is 0.616. The average Bonchev–Trinajstić information content (AvgIpc) is 2.71. The molecule has 0 spiro atoms. The van der Waals surface area contributed by atoms with Gasteiger partial charge in [-0.15, -0.1) is 11.8 Å². The summed E-state index contributed by atoms with van der Waals surface area (Å²) in [5, 5.41) is 8.86. The van der Waals surface area contributed by atoms with Gasteiger partial charge in [0.05, 0.1) is 18.9 Å². The lowest BCUT2D eigenvalue weighted by Gasteiger charge is -2.13. The lowest BCUT2D eigenvalue weighted by molar-refractivity contribution is -0.00349. The molecule has 1 aromatic heterocycles. The van der Waals surface area contributed by atoms with Crippen LogP contribution in [0.3, 0.4) is 0 Å². The molecule has 2 atom stereocenters. The largest absolute Gasteiger partial charge is 0.394 e. The molecule has 0 saturated carbocycles. The smallest absolute Gasteiger partial charge is 0.352 e. The number of rotatable bonds is 2. The van der Waals surface area contributed by atoms with Crippen molar-refractivity contribution in [3.8, 4) is 0 Å². The highest BCUT2D eigenvalue weighted by Crippen LogP contribution is 2.32. The molecule has 0 aromatic carbocycles. The first-order chi connectivity index (χ1) is 7.61. The first kappa shape index (κ1) is 11.4. The fourth-order valence-electron chi connectivity index (χ4n) is 1.28. The molecule has 1 aromatic rings. The molecule has 0 unspecified atom stereocenters. The Morgan fingerprint density at radius 3 is 3.19 bits per heavy atom. The second-order valence-electron chi connectivity index (χ2n) is 3.24. The maximum atomic E-state index is 13.1. The number of ether oxygens (including phenoxy) is 1. The minimum Gasteiger partial charge on any atom is -0.394 e. The number of nitrogens with two attached hydrogens (primary N) is 1. The highest BCUT2D eigenvalue weighted by molar-refractivity contribution is 7.99. The molecule has 2 heterocycles. The monoisotopic (exact) mass is 247 g/mol. The Morgan fingerprint density at radius 2 is 2.56 bits per heavy atom. The van der Waals surface area contributed by atoms with Crippen LogP contribution in [0.25, 0.3) is 0 Å². The third-order valence-corrected chi connectivity index (χ3v) is 3.29. The molecule has 0 amide bonds. The Bertz CT molecular complexity index is 453. The normalized spacial score (nSPS) is 24.9. The number of aliphatic hydroxyl groups is 1. The van der Waals surface area contributed by atoms with Crippen molar-refractivity contribution < 1.29 is 14.2 Å². The van der Waals surface area contributed by atoms with Gasteiger partial charge in [0.1, 0.15) is 0 Å². The van der Waals surface area contributed by atoms with E-state index < -0.39 is 22.9 Å². The predicted octanol–water partition coefficient (Wildman–Crippen LogP) is -0.455. The molecule has 88 valence electrons. The molecule has 16 heavy (non-hydrogen) atoms. The van der Waals surface area contributed by atoms with Crippen molar-refractivity contribution in [1.82, 2.24) is 9.55 Å². The summed E-state index contributed by atoms with van der Waals surface area (Å²) < 4.78 is 19.5. The molecule has 1 saturated heterocycles. The molecule has 0 aliphatic carbocycles. The fraction of sp³-hybridized carbons (Fsp3) is 0.500. The molecule has 2 rings (SSSR count). The summed E-state index contributed by atoms with van der Waals surface area (Å²) in [6.45, 7) is -0.136. The quantitative estimate of drug-likeness (QED) is 0.735. The van der Waals surface area contributed by atoms with Crippen LogP contribution in [0.5, 0.6) is 0 Å². The predicted molar refractivity (Wildman–Crippen MR) is 56.3 cm³/mol. The minimum atomic E-state index is -0.767. The number of thioether (sulfide) groups is 1. The van der Waals surface area contributed by atoms with Gasteiger partial charge < -0.3 is 15.6 Å². The van der Waals surface area contributed by atoms with Crippen molar-refractivity contribution in [3.63, 3.8) is 0 Å². The van der Waals surface area contributed by atoms with E-state index in [9.17, 15) is 9.18 Å². The standard InChI is InChI=1S/C8H10FN3O3S/c9-5-1-12(7(14)11-6(5)10)8-15-4(2-13)3-16-8/h1,4,8,13H,2-3H2,(H2,10,11,14)/t4-,8-/m0/s1. The topological polar surface area (TPSA) is 90.4 Å². The van der Waals surface area contributed by atoms with E-state index in [4.69, 9.17) is 15.6 Å². The summed E-state index contributed by atoms with van der Waals surface area (Å²) in [5.41, 5.74) is 3.82. The van der Waals surface area contributed by atoms with Crippen molar-refractivity contribution in [1.29, 1.82) is 0 Å². The van der Waals surface area contributed by atoms with Gasteiger partial charge in [0, 0.05) is 5.75 Å². The Morgan fingerprint density at radius 1 is 1.81 bits per heavy atom. The van der Waals surface area contributed by atoms with Crippen LogP contribution in [-0.2, 0) is 4.74 Å². The van der Waals surface area contributed by atoms with E-state index >= 15 is 0 Å². The molecular formula is C8H10FN3O3S. The van der Waals surface area contributed by atoms with Gasteiger partial charge in [-0.1, -0.05) is 0 Å². The van der Waals surface area contributed by atoms with E-state index in [1.165, 1.54) is 11.8 Å². The van der Waals surface area contributed by atoms with Crippen LogP contribution in [0.4, 0.5) is 10.2 Å². The van der Waals surface area contributed by atoms with Gasteiger partial charge in [-0.25, -0.2) is 9.18 Å². The SMILES string of the molecule is Nc1nc(=O)n([C@H]2O[C@@H](CO)CS2)cc1F. The van der Waals surface area contributed by atoms with Crippen molar-refractivity contribution >= 4 is 17.6 Å². The summed E-state index contributed by atoms with van der Waals surface area (Å²) in [7, 11) is 0. The molecule has 1 fully saturated rings. The zero-order valence-corrected chi connectivity index (χ0v) is 8.98. The molecule has 0 bridgehead atoms. The molecule has 8 heteroatoms. The van der Waals surface area contributed by atoms with Crippen LogP contribution in [0, 0.1) is 5.82 Å². The molecule has 0 radical (unpaired) electrons. The van der Waals surface area contributed by atoms with E-state index in [1.54, 1.807) is 0 Å². The summed E-state index contributed by atoms with van der Waals surface area (Å²) >= 11 is 1.29. The van der Waals surface area contributed by atoms with Crippen LogP contribution in [0.1, 0.15) is 5.56 Å². The number of anilines is 1. The highest BCUT2D eigenvalue weighted by Gasteiger charge is 2.28. The van der Waals surface area contributed by atoms with E-state index in [0.717, 1.165) is 10.8 Å². The summed E-state index contributed by atoms with van der Waals surface area (Å²) in [6, 6.07) is 0. The van der Waals surface area contributed by atoms with Gasteiger partial charge in [0.15, 0.2) is 17.2 Å². The van der Waals surface area contributed by atoms with E-state index in [2.05, 4.69) is 4.98 Å². The average molecular weight is 247 g/mol. The van der Waals surface area contributed by atoms with E-state index in [1.807, 2.05) is 0 Å². The number of nitrogen functional groups attached to an aromatic ring is 1. The number of hydrogen-bond acceptors (Lipinski definition) is 6. The van der Waals surface area contributed by atoms with Gasteiger partial charge >= 0.3 is 5.69 Å². The Kier molecular flexibility index (Phi) is 3.13. The third kappa shape index (κ3) is 2.04. The zero-order valence-electron chi connectivity index (χ0n) is 8.17. The van der Waals surface area contributed by atoms with Crippen LogP contribution in [0.2, 0.25) is 0 Å². The molecule has 1 aliphatic heterocycles. The van der Waals surface area contributed by atoms with Gasteiger partial charge in [-0.05, 0) is 0 Å². The maximum absolute atomic E-state index is 13.1. The maximum Gasteiger partial charge on any atom is 0.352 e. The molecule has 6 nitrogen and oxygen atoms in total. The van der Waals surface area contributed by atoms with Crippen LogP contribution < -0.4 is 11.4 Å². The van der Waals surface area contributed by atoms with Crippen molar-refractivity contribution in [3.05, 3.63) is 22.5 Å². The van der Waals surface area contributed by atoms with Crippen molar-refractivity contribution in [2.24, 2.45) is 0 Å². The highest BCUT2D eigenvalue weighted by atomic mass is 32.2. The summed E-state index contributed by atoms with van der Waals surface area (Å²) in [5.74, 6) is -0.654. The first-order valence-corrected chi connectivity index (χ1v) is 5.58. The number of hydrogen-bond donors (Lipinski definition) is 2. The zero-order chi connectivity index (χ0) is 11.7. The van der Waals surface area contributed by atoms with Crippen LogP contribution in [0.15, 0.2) is 11.0 Å². The number of nitrogens with zero attached hydrogens (tertiary/aromatic N) is 2. The third-order valence-electron chi connectivity index (χ3n) is 2.10. The van der Waals surface area contributed by atoms with Crippen molar-refractivity contribution in [2.45, 2.75) is 11.7 Å². The Balaban J connectivity index is 2.28. The Hall–Kier alpha value is -1.12. The van der Waals surface area contributed by atoms with Gasteiger partial charge in [-0.2, -0.15) is 4.98 Å². The molecule has 1 aliphatic rings. The van der Waals surface area contributed by atoms with Crippen LogP contribution in [-0.4, -0.2) is 33.1 Å². The second-order valence-corrected chi connectivity index (χ2v) is 4.31. The van der Waals surface area contributed by atoms with E-state index in [0.29, 0.717) is 5.75 Å². The molecule has 3 N–H and O–H groups in total. The Labute approximate surface area is 94.2 Å². The molecular weight excluding hydrogens is 237 g/mol. The van der Waals surface area contributed by atoms with Gasteiger partial charge in [0.25, 0.3) is 0 Å². The minimum absolute atomic E-state index is 0.136. The second kappa shape index (κ2) is 4.40. The van der Waals surface area contributed by atoms with Gasteiger partial charge in [-0.3, -0.25) is 4.57 Å². The first-order valence-electron chi connectivity index (χ1n) is 4.54. The number of aromatic nitrogens is 2. The summed E-state index contributed by atoms with van der Waals surface area (Å²) in [4.78, 5) is 14.7. The number of aliphatic hydroxyl groups excluding tert-OH is 1. The fourth-order valence-corrected chi connectivity index (χ4v) is 2.39. The van der Waals surface area contributed by atoms with Crippen LogP contribution >= 0.6 is 11.8 Å². The van der Waals surface area contributed by atoms with Crippen molar-refractivity contribution in [2.75, 3.05) is 18.1 Å². The van der Waals surface area contributed by atoms with Gasteiger partial charge in [0.2, 0.25) is 0 Å². The lowest BCUT2D eigenvalue weighted by Crippen LogP contribution is -2.28. The number of halogens is 1. The van der Waals surface area contributed by atoms with E-state index in [-0.39, 0.29) is 12.7 Å².